The molecule has 0 bridgehead atoms. The van der Waals surface area contributed by atoms with E-state index in [1.165, 1.54) is 24.5 Å². The van der Waals surface area contributed by atoms with Crippen LogP contribution in [0, 0.1) is 0 Å². The topological polar surface area (TPSA) is 177 Å². The molecule has 0 spiro atoms. The average Bonchev–Trinajstić information content (AvgIpc) is 2.75. The average molecular weight is 505 g/mol. The fourth-order valence-electron chi connectivity index (χ4n) is 2.38. The maximum absolute atomic E-state index is 11.4. The van der Waals surface area contributed by atoms with Gasteiger partial charge in [-0.05, 0) is 76.9 Å². The van der Waals surface area contributed by atoms with Crippen LogP contribution in [-0.4, -0.2) is 55.5 Å². The largest absolute Gasteiger partial charge is 0.477 e. The molecule has 0 aliphatic rings. The number of ether oxygens (including phenoxy) is 2. The number of alkyl carbamates (subject to hydrolysis) is 2. The van der Waals surface area contributed by atoms with E-state index < -0.39 is 35.3 Å². The van der Waals surface area contributed by atoms with Gasteiger partial charge < -0.3 is 30.3 Å². The van der Waals surface area contributed by atoms with Crippen molar-refractivity contribution < 1.29 is 38.9 Å². The minimum Gasteiger partial charge on any atom is -0.477 e. The zero-order valence-electron chi connectivity index (χ0n) is 21.1. The number of carboxylic acid groups (broad SMARTS) is 2. The molecule has 12 nitrogen and oxygen atoms in total. The summed E-state index contributed by atoms with van der Waals surface area (Å²) in [6.45, 7) is 11.0. The summed E-state index contributed by atoms with van der Waals surface area (Å²) in [5.41, 5.74) is 0.0572. The van der Waals surface area contributed by atoms with Gasteiger partial charge in [-0.25, -0.2) is 29.1 Å². The quantitative estimate of drug-likeness (QED) is 0.454. The molecule has 0 saturated carbocycles. The zero-order chi connectivity index (χ0) is 27.5. The predicted octanol–water partition coefficient (Wildman–Crippen LogP) is 3.61. The van der Waals surface area contributed by atoms with Crippen LogP contribution in [0.15, 0.2) is 36.7 Å². The minimum atomic E-state index is -1.10. The zero-order valence-corrected chi connectivity index (χ0v) is 21.1. The smallest absolute Gasteiger partial charge is 0.407 e. The van der Waals surface area contributed by atoms with Crippen LogP contribution in [0.4, 0.5) is 9.59 Å². The normalized spacial score (nSPS) is 10.8. The number of amides is 2. The molecular weight excluding hydrogens is 472 g/mol. The first-order valence-electron chi connectivity index (χ1n) is 10.9. The number of carbonyl (C=O) groups excluding carboxylic acids is 2. The van der Waals surface area contributed by atoms with E-state index in [0.29, 0.717) is 11.1 Å². The molecule has 0 fully saturated rings. The second-order valence-electron chi connectivity index (χ2n) is 9.42. The Morgan fingerprint density at radius 2 is 1.06 bits per heavy atom. The molecule has 0 atom stereocenters. The Kier molecular flexibility index (Phi) is 10.8. The number of nitrogens with one attached hydrogen (secondary N) is 2. The van der Waals surface area contributed by atoms with Crippen LogP contribution in [0.1, 0.15) is 73.6 Å². The summed E-state index contributed by atoms with van der Waals surface area (Å²) in [7, 11) is 0. The van der Waals surface area contributed by atoms with Gasteiger partial charge in [-0.1, -0.05) is 0 Å². The number of carboxylic acids is 2. The number of aromatic carboxylic acids is 2. The summed E-state index contributed by atoms with van der Waals surface area (Å²) in [5.74, 6) is -2.21. The second kappa shape index (κ2) is 13.0. The van der Waals surface area contributed by atoms with Crippen molar-refractivity contribution in [3.8, 4) is 0 Å². The van der Waals surface area contributed by atoms with Crippen LogP contribution < -0.4 is 10.6 Å². The highest BCUT2D eigenvalue weighted by Gasteiger charge is 2.17. The van der Waals surface area contributed by atoms with Crippen LogP contribution in [-0.2, 0) is 22.6 Å². The molecule has 2 rings (SSSR count). The van der Waals surface area contributed by atoms with Crippen molar-refractivity contribution in [2.75, 3.05) is 0 Å². The Morgan fingerprint density at radius 1 is 0.722 bits per heavy atom. The minimum absolute atomic E-state index is 0.0570. The molecule has 2 amide bonds. The van der Waals surface area contributed by atoms with Crippen molar-refractivity contribution in [3.63, 3.8) is 0 Å². The summed E-state index contributed by atoms with van der Waals surface area (Å²) in [4.78, 5) is 51.5. The number of aromatic nitrogens is 2. The summed E-state index contributed by atoms with van der Waals surface area (Å²) >= 11 is 0. The van der Waals surface area contributed by atoms with Crippen LogP contribution in [0.5, 0.6) is 0 Å². The van der Waals surface area contributed by atoms with Crippen molar-refractivity contribution in [2.45, 2.75) is 65.8 Å². The van der Waals surface area contributed by atoms with Crippen LogP contribution in [0.3, 0.4) is 0 Å². The summed E-state index contributed by atoms with van der Waals surface area (Å²) in [6.07, 6.45) is 1.68. The number of hydrogen-bond donors (Lipinski definition) is 4. The van der Waals surface area contributed by atoms with Gasteiger partial charge in [-0.3, -0.25) is 0 Å². The van der Waals surface area contributed by atoms with Gasteiger partial charge in [0, 0.05) is 25.5 Å². The van der Waals surface area contributed by atoms with E-state index >= 15 is 0 Å². The predicted molar refractivity (Wildman–Crippen MR) is 129 cm³/mol. The van der Waals surface area contributed by atoms with Gasteiger partial charge in [-0.15, -0.1) is 0 Å². The van der Waals surface area contributed by atoms with Gasteiger partial charge >= 0.3 is 24.1 Å². The maximum atomic E-state index is 11.4. The van der Waals surface area contributed by atoms with Gasteiger partial charge in [0.15, 0.2) is 0 Å². The molecule has 12 heteroatoms. The van der Waals surface area contributed by atoms with Crippen LogP contribution in [0.25, 0.3) is 0 Å². The Balaban J connectivity index is 0.000000360. The van der Waals surface area contributed by atoms with Crippen molar-refractivity contribution in [2.24, 2.45) is 0 Å². The fourth-order valence-corrected chi connectivity index (χ4v) is 2.38. The molecule has 4 N–H and O–H groups in total. The number of rotatable bonds is 6. The summed E-state index contributed by atoms with van der Waals surface area (Å²) in [5, 5.41) is 22.6. The molecule has 2 aromatic rings. The Morgan fingerprint density at radius 3 is 1.33 bits per heavy atom. The summed E-state index contributed by atoms with van der Waals surface area (Å²) < 4.78 is 10.1. The highest BCUT2D eigenvalue weighted by Crippen LogP contribution is 2.08. The van der Waals surface area contributed by atoms with E-state index in [1.807, 2.05) is 0 Å². The van der Waals surface area contributed by atoms with E-state index in [4.69, 9.17) is 19.7 Å². The standard InChI is InChI=1S/2C12H16N2O4/c2*1-12(2,3)18-11(17)14-7-8-4-5-13-9(6-8)10(15)16/h2*4-6H,7H2,1-3H3,(H,14,17)(H,15,16). The number of hydrogen-bond acceptors (Lipinski definition) is 8. The van der Waals surface area contributed by atoms with Crippen molar-refractivity contribution >= 4 is 24.1 Å². The molecule has 0 unspecified atom stereocenters. The SMILES string of the molecule is CC(C)(C)OC(=O)NCc1ccnc(C(=O)O)c1.CC(C)(C)OC(=O)NCc1ccnc(C(=O)O)c1. The Hall–Kier alpha value is -4.22. The first-order chi connectivity index (χ1) is 16.6. The number of pyridine rings is 2. The molecule has 2 heterocycles. The van der Waals surface area contributed by atoms with Gasteiger partial charge in [0.05, 0.1) is 0 Å². The van der Waals surface area contributed by atoms with Crippen molar-refractivity contribution in [1.29, 1.82) is 0 Å². The molecule has 0 aliphatic heterocycles. The first-order valence-corrected chi connectivity index (χ1v) is 10.9. The van der Waals surface area contributed by atoms with E-state index in [2.05, 4.69) is 20.6 Å². The number of carbonyl (C=O) groups is 4. The molecule has 2 aromatic heterocycles. The van der Waals surface area contributed by atoms with E-state index in [9.17, 15) is 19.2 Å². The molecule has 36 heavy (non-hydrogen) atoms. The summed E-state index contributed by atoms with van der Waals surface area (Å²) in [6, 6.07) is 6.06. The van der Waals surface area contributed by atoms with Gasteiger partial charge in [0.2, 0.25) is 0 Å². The third kappa shape index (κ3) is 12.9. The molecular formula is C24H32N4O8. The monoisotopic (exact) mass is 504 g/mol. The lowest BCUT2D eigenvalue weighted by Crippen LogP contribution is -2.32. The van der Waals surface area contributed by atoms with Gasteiger partial charge in [-0.2, -0.15) is 0 Å². The molecule has 0 aliphatic carbocycles. The van der Waals surface area contributed by atoms with Crippen LogP contribution in [0.2, 0.25) is 0 Å². The lowest BCUT2D eigenvalue weighted by atomic mass is 10.2. The fraction of sp³-hybridized carbons (Fsp3) is 0.417. The van der Waals surface area contributed by atoms with Crippen LogP contribution >= 0.6 is 0 Å². The highest BCUT2D eigenvalue weighted by molar-refractivity contribution is 5.85. The van der Waals surface area contributed by atoms with E-state index in [0.717, 1.165) is 0 Å². The molecule has 0 radical (unpaired) electrons. The van der Waals surface area contributed by atoms with E-state index in [1.54, 1.807) is 53.7 Å². The Labute approximate surface area is 209 Å². The van der Waals surface area contributed by atoms with Crippen molar-refractivity contribution in [1.82, 2.24) is 20.6 Å². The molecule has 196 valence electrons. The first kappa shape index (κ1) is 29.8. The van der Waals surface area contributed by atoms with Gasteiger partial charge in [0.25, 0.3) is 0 Å². The molecule has 0 aromatic carbocycles. The third-order valence-corrected chi connectivity index (χ3v) is 3.76. The van der Waals surface area contributed by atoms with E-state index in [-0.39, 0.29) is 24.5 Å². The van der Waals surface area contributed by atoms with Gasteiger partial charge in [0.1, 0.15) is 22.6 Å². The maximum Gasteiger partial charge on any atom is 0.407 e. The molecule has 0 saturated heterocycles. The lowest BCUT2D eigenvalue weighted by molar-refractivity contribution is 0.0512. The highest BCUT2D eigenvalue weighted by atomic mass is 16.6. The van der Waals surface area contributed by atoms with Crippen molar-refractivity contribution in [3.05, 3.63) is 59.2 Å². The lowest BCUT2D eigenvalue weighted by Gasteiger charge is -2.19. The Bertz CT molecular complexity index is 989. The second-order valence-corrected chi connectivity index (χ2v) is 9.42. The number of nitrogens with zero attached hydrogens (tertiary/aromatic N) is 2. The third-order valence-electron chi connectivity index (χ3n) is 3.76.